The maximum atomic E-state index is 12.6. The molecule has 0 bridgehead atoms. The van der Waals surface area contributed by atoms with E-state index in [9.17, 15) is 13.6 Å². The summed E-state index contributed by atoms with van der Waals surface area (Å²) < 4.78 is 25.0. The number of benzene rings is 1. The topological polar surface area (TPSA) is 43.1 Å². The zero-order valence-corrected chi connectivity index (χ0v) is 6.89. The fourth-order valence-electron chi connectivity index (χ4n) is 0.963. The molecule has 0 aliphatic carbocycles. The summed E-state index contributed by atoms with van der Waals surface area (Å²) in [6.07, 6.45) is 0.484. The molecule has 2 nitrogen and oxygen atoms in total. The first kappa shape index (κ1) is 9.64. The van der Waals surface area contributed by atoms with Crippen LogP contribution < -0.4 is 5.73 Å². The molecule has 0 saturated heterocycles. The molecule has 0 fully saturated rings. The van der Waals surface area contributed by atoms with Crippen molar-refractivity contribution < 1.29 is 13.6 Å². The molecule has 0 radical (unpaired) electrons. The summed E-state index contributed by atoms with van der Waals surface area (Å²) in [6.45, 7) is 0. The van der Waals surface area contributed by atoms with Crippen LogP contribution in [0.2, 0.25) is 0 Å². The quantitative estimate of drug-likeness (QED) is 0.759. The fraction of sp³-hybridized carbons (Fsp3) is 0.222. The van der Waals surface area contributed by atoms with E-state index in [-0.39, 0.29) is 6.42 Å². The monoisotopic (exact) mass is 185 g/mol. The Bertz CT molecular complexity index is 325. The summed E-state index contributed by atoms with van der Waals surface area (Å²) in [4.78, 5) is 10.4. The lowest BCUT2D eigenvalue weighted by Crippen LogP contribution is -2.11. The summed E-state index contributed by atoms with van der Waals surface area (Å²) in [7, 11) is 0. The number of halogens is 2. The molecule has 0 heterocycles. The maximum absolute atomic E-state index is 12.6. The van der Waals surface area contributed by atoms with E-state index < -0.39 is 17.5 Å². The second-order valence-electron chi connectivity index (χ2n) is 2.71. The van der Waals surface area contributed by atoms with Gasteiger partial charge in [-0.2, -0.15) is 0 Å². The van der Waals surface area contributed by atoms with Gasteiger partial charge in [0, 0.05) is 6.42 Å². The number of primary amides is 1. The lowest BCUT2D eigenvalue weighted by molar-refractivity contribution is -0.117. The van der Waals surface area contributed by atoms with Gasteiger partial charge in [-0.25, -0.2) is 8.78 Å². The summed E-state index contributed by atoms with van der Waals surface area (Å²) in [6, 6.07) is 3.53. The molecule has 0 atom stereocenters. The van der Waals surface area contributed by atoms with Gasteiger partial charge in [-0.05, 0) is 24.1 Å². The van der Waals surface area contributed by atoms with E-state index in [0.29, 0.717) is 12.0 Å². The highest BCUT2D eigenvalue weighted by Gasteiger charge is 2.03. The van der Waals surface area contributed by atoms with Crippen LogP contribution in [0.3, 0.4) is 0 Å². The van der Waals surface area contributed by atoms with E-state index in [4.69, 9.17) is 5.73 Å². The van der Waals surface area contributed by atoms with Gasteiger partial charge in [-0.3, -0.25) is 4.79 Å². The summed E-state index contributed by atoms with van der Waals surface area (Å²) >= 11 is 0. The number of carbonyl (C=O) groups excluding carboxylic acids is 1. The lowest BCUT2D eigenvalue weighted by Gasteiger charge is -1.99. The highest BCUT2D eigenvalue weighted by molar-refractivity contribution is 5.73. The Morgan fingerprint density at radius 3 is 2.54 bits per heavy atom. The van der Waals surface area contributed by atoms with Crippen LogP contribution in [0.15, 0.2) is 18.2 Å². The van der Waals surface area contributed by atoms with Crippen LogP contribution in [0.4, 0.5) is 8.78 Å². The van der Waals surface area contributed by atoms with Crippen molar-refractivity contribution >= 4 is 5.91 Å². The first-order valence-corrected chi connectivity index (χ1v) is 3.82. The molecule has 13 heavy (non-hydrogen) atoms. The molecule has 1 amide bonds. The average molecular weight is 185 g/mol. The SMILES string of the molecule is NC(=O)CCc1ccc(F)c(F)c1. The highest BCUT2D eigenvalue weighted by Crippen LogP contribution is 2.09. The minimum Gasteiger partial charge on any atom is -0.370 e. The highest BCUT2D eigenvalue weighted by atomic mass is 19.2. The molecular formula is C9H9F2NO. The van der Waals surface area contributed by atoms with Gasteiger partial charge in [0.2, 0.25) is 5.91 Å². The van der Waals surface area contributed by atoms with E-state index in [1.165, 1.54) is 6.07 Å². The first-order chi connectivity index (χ1) is 6.09. The summed E-state index contributed by atoms with van der Waals surface area (Å²) in [5.41, 5.74) is 5.47. The standard InChI is InChI=1S/C9H9F2NO/c10-7-3-1-6(5-8(7)11)2-4-9(12)13/h1,3,5H,2,4H2,(H2,12,13). The number of hydrogen-bond acceptors (Lipinski definition) is 1. The Morgan fingerprint density at radius 2 is 2.00 bits per heavy atom. The number of rotatable bonds is 3. The number of carbonyl (C=O) groups is 1. The minimum atomic E-state index is -0.901. The second-order valence-corrected chi connectivity index (χ2v) is 2.71. The van der Waals surface area contributed by atoms with Crippen molar-refractivity contribution in [1.82, 2.24) is 0 Å². The molecule has 0 aliphatic heterocycles. The molecule has 0 aliphatic rings. The Labute approximate surface area is 74.4 Å². The number of hydrogen-bond donors (Lipinski definition) is 1. The van der Waals surface area contributed by atoms with E-state index in [0.717, 1.165) is 12.1 Å². The van der Waals surface area contributed by atoms with Crippen LogP contribution in [0.25, 0.3) is 0 Å². The molecule has 1 rings (SSSR count). The number of aryl methyl sites for hydroxylation is 1. The van der Waals surface area contributed by atoms with Crippen LogP contribution in [-0.2, 0) is 11.2 Å². The number of nitrogens with two attached hydrogens (primary N) is 1. The van der Waals surface area contributed by atoms with Crippen molar-refractivity contribution in [3.63, 3.8) is 0 Å². The molecule has 4 heteroatoms. The van der Waals surface area contributed by atoms with Gasteiger partial charge in [0.25, 0.3) is 0 Å². The Kier molecular flexibility index (Phi) is 2.95. The Hall–Kier alpha value is -1.45. The third-order valence-electron chi connectivity index (χ3n) is 1.64. The molecule has 0 saturated carbocycles. The normalized spacial score (nSPS) is 10.0. The molecular weight excluding hydrogens is 176 g/mol. The zero-order valence-electron chi connectivity index (χ0n) is 6.89. The third-order valence-corrected chi connectivity index (χ3v) is 1.64. The van der Waals surface area contributed by atoms with Gasteiger partial charge in [0.05, 0.1) is 0 Å². The molecule has 0 spiro atoms. The largest absolute Gasteiger partial charge is 0.370 e. The van der Waals surface area contributed by atoms with E-state index >= 15 is 0 Å². The first-order valence-electron chi connectivity index (χ1n) is 3.82. The molecule has 2 N–H and O–H groups in total. The van der Waals surface area contributed by atoms with Crippen LogP contribution >= 0.6 is 0 Å². The van der Waals surface area contributed by atoms with E-state index in [2.05, 4.69) is 0 Å². The van der Waals surface area contributed by atoms with E-state index in [1.807, 2.05) is 0 Å². The van der Waals surface area contributed by atoms with Gasteiger partial charge in [0.1, 0.15) is 0 Å². The van der Waals surface area contributed by atoms with Crippen molar-refractivity contribution in [1.29, 1.82) is 0 Å². The van der Waals surface area contributed by atoms with Crippen LogP contribution in [0.5, 0.6) is 0 Å². The van der Waals surface area contributed by atoms with Gasteiger partial charge in [-0.15, -0.1) is 0 Å². The minimum absolute atomic E-state index is 0.144. The third kappa shape index (κ3) is 2.82. The average Bonchev–Trinajstić information content (AvgIpc) is 2.07. The predicted molar refractivity (Wildman–Crippen MR) is 43.9 cm³/mol. The van der Waals surface area contributed by atoms with Crippen LogP contribution in [0, 0.1) is 11.6 Å². The Balaban J connectivity index is 2.68. The molecule has 1 aromatic rings. The molecule has 0 unspecified atom stereocenters. The maximum Gasteiger partial charge on any atom is 0.217 e. The van der Waals surface area contributed by atoms with Crippen molar-refractivity contribution in [3.8, 4) is 0 Å². The predicted octanol–water partition coefficient (Wildman–Crippen LogP) is 1.38. The van der Waals surface area contributed by atoms with Gasteiger partial charge in [-0.1, -0.05) is 6.07 Å². The van der Waals surface area contributed by atoms with Gasteiger partial charge < -0.3 is 5.73 Å². The fourth-order valence-corrected chi connectivity index (χ4v) is 0.963. The van der Waals surface area contributed by atoms with Crippen LogP contribution in [0.1, 0.15) is 12.0 Å². The molecule has 70 valence electrons. The Morgan fingerprint density at radius 1 is 1.31 bits per heavy atom. The summed E-state index contributed by atoms with van der Waals surface area (Å²) in [5.74, 6) is -2.24. The van der Waals surface area contributed by atoms with Crippen molar-refractivity contribution in [2.24, 2.45) is 5.73 Å². The van der Waals surface area contributed by atoms with E-state index in [1.54, 1.807) is 0 Å². The van der Waals surface area contributed by atoms with Crippen LogP contribution in [-0.4, -0.2) is 5.91 Å². The van der Waals surface area contributed by atoms with Crippen molar-refractivity contribution in [2.45, 2.75) is 12.8 Å². The van der Waals surface area contributed by atoms with Gasteiger partial charge in [0.15, 0.2) is 11.6 Å². The second kappa shape index (κ2) is 3.98. The number of amides is 1. The van der Waals surface area contributed by atoms with Crippen molar-refractivity contribution in [3.05, 3.63) is 35.4 Å². The zero-order chi connectivity index (χ0) is 9.84. The van der Waals surface area contributed by atoms with Crippen molar-refractivity contribution in [2.75, 3.05) is 0 Å². The smallest absolute Gasteiger partial charge is 0.217 e. The van der Waals surface area contributed by atoms with Gasteiger partial charge >= 0.3 is 0 Å². The summed E-state index contributed by atoms with van der Waals surface area (Å²) in [5, 5.41) is 0. The lowest BCUT2D eigenvalue weighted by atomic mass is 10.1. The molecule has 0 aromatic heterocycles. The molecule has 1 aromatic carbocycles.